The Hall–Kier alpha value is -0.380. The van der Waals surface area contributed by atoms with Crippen LogP contribution in [-0.2, 0) is 6.54 Å². The Labute approximate surface area is 113 Å². The lowest BCUT2D eigenvalue weighted by molar-refractivity contribution is 0.592. The summed E-state index contributed by atoms with van der Waals surface area (Å²) in [4.78, 5) is 0. The van der Waals surface area contributed by atoms with Gasteiger partial charge in [-0.2, -0.15) is 0 Å². The summed E-state index contributed by atoms with van der Waals surface area (Å²) in [5.41, 5.74) is 2.65. The van der Waals surface area contributed by atoms with Gasteiger partial charge in [-0.3, -0.25) is 0 Å². The van der Waals surface area contributed by atoms with E-state index in [9.17, 15) is 0 Å². The summed E-state index contributed by atoms with van der Waals surface area (Å²) in [6, 6.07) is 6.54. The molecular weight excluding hydrogens is 276 g/mol. The Morgan fingerprint density at radius 1 is 1.06 bits per heavy atom. The minimum atomic E-state index is 0.952. The number of hydrogen-bond donors (Lipinski definition) is 2. The average molecular weight is 299 g/mol. The molecule has 1 aromatic rings. The van der Waals surface area contributed by atoms with E-state index < -0.39 is 0 Å². The Bertz CT molecular complexity index is 306. The van der Waals surface area contributed by atoms with Crippen LogP contribution in [0.15, 0.2) is 22.7 Å². The van der Waals surface area contributed by atoms with Crippen molar-refractivity contribution in [1.82, 2.24) is 10.6 Å². The molecule has 0 spiro atoms. The predicted molar refractivity (Wildman–Crippen MR) is 78.4 cm³/mol. The second-order valence-corrected chi connectivity index (χ2v) is 5.33. The minimum absolute atomic E-state index is 0.952. The summed E-state index contributed by atoms with van der Waals surface area (Å²) in [7, 11) is 0. The lowest BCUT2D eigenvalue weighted by Crippen LogP contribution is -2.22. The van der Waals surface area contributed by atoms with Crippen molar-refractivity contribution in [3.05, 3.63) is 33.8 Å². The van der Waals surface area contributed by atoms with Crippen LogP contribution in [0.25, 0.3) is 0 Å². The van der Waals surface area contributed by atoms with Gasteiger partial charge in [-0.1, -0.05) is 28.9 Å². The van der Waals surface area contributed by atoms with Crippen LogP contribution in [0, 0.1) is 6.92 Å². The lowest BCUT2D eigenvalue weighted by Gasteiger charge is -2.07. The first-order valence-electron chi connectivity index (χ1n) is 6.40. The normalized spacial score (nSPS) is 10.8. The second-order valence-electron chi connectivity index (χ2n) is 4.42. The Kier molecular flexibility index (Phi) is 7.49. The summed E-state index contributed by atoms with van der Waals surface area (Å²) in [6.45, 7) is 8.59. The van der Waals surface area contributed by atoms with Gasteiger partial charge in [0.15, 0.2) is 0 Å². The molecule has 0 bridgehead atoms. The zero-order valence-corrected chi connectivity index (χ0v) is 12.4. The third-order valence-corrected chi connectivity index (χ3v) is 3.02. The van der Waals surface area contributed by atoms with Crippen molar-refractivity contribution in [3.8, 4) is 0 Å². The molecule has 2 nitrogen and oxygen atoms in total. The first-order valence-corrected chi connectivity index (χ1v) is 7.19. The molecule has 96 valence electrons. The average Bonchev–Trinajstić information content (AvgIpc) is 2.26. The molecule has 17 heavy (non-hydrogen) atoms. The van der Waals surface area contributed by atoms with Crippen LogP contribution in [0.4, 0.5) is 0 Å². The third-order valence-electron chi connectivity index (χ3n) is 2.56. The van der Waals surface area contributed by atoms with Gasteiger partial charge in [0.2, 0.25) is 0 Å². The molecule has 1 rings (SSSR count). The molecule has 0 aliphatic carbocycles. The maximum Gasteiger partial charge on any atom is 0.0206 e. The van der Waals surface area contributed by atoms with Gasteiger partial charge in [-0.15, -0.1) is 0 Å². The van der Waals surface area contributed by atoms with Crippen LogP contribution in [0.3, 0.4) is 0 Å². The summed E-state index contributed by atoms with van der Waals surface area (Å²) in [5, 5.41) is 6.88. The van der Waals surface area contributed by atoms with Crippen molar-refractivity contribution in [2.75, 3.05) is 19.6 Å². The van der Waals surface area contributed by atoms with Gasteiger partial charge in [0.25, 0.3) is 0 Å². The molecule has 0 heterocycles. The molecule has 0 atom stereocenters. The maximum absolute atomic E-state index is 3.53. The fourth-order valence-electron chi connectivity index (χ4n) is 1.79. The summed E-state index contributed by atoms with van der Waals surface area (Å²) >= 11 is 3.53. The van der Waals surface area contributed by atoms with Crippen LogP contribution in [0.5, 0.6) is 0 Å². The molecule has 0 saturated carbocycles. The van der Waals surface area contributed by atoms with Gasteiger partial charge in [0.05, 0.1) is 0 Å². The van der Waals surface area contributed by atoms with Gasteiger partial charge >= 0.3 is 0 Å². The number of halogens is 1. The summed E-state index contributed by atoms with van der Waals surface area (Å²) in [6.07, 6.45) is 2.40. The van der Waals surface area contributed by atoms with Gasteiger partial charge < -0.3 is 10.6 Å². The minimum Gasteiger partial charge on any atom is -0.317 e. The van der Waals surface area contributed by atoms with Crippen molar-refractivity contribution in [1.29, 1.82) is 0 Å². The van der Waals surface area contributed by atoms with E-state index >= 15 is 0 Å². The molecule has 0 aliphatic heterocycles. The highest BCUT2D eigenvalue weighted by molar-refractivity contribution is 9.10. The highest BCUT2D eigenvalue weighted by Crippen LogP contribution is 2.14. The topological polar surface area (TPSA) is 24.1 Å². The van der Waals surface area contributed by atoms with Crippen molar-refractivity contribution in [2.24, 2.45) is 0 Å². The second kappa shape index (κ2) is 8.67. The van der Waals surface area contributed by atoms with E-state index in [4.69, 9.17) is 0 Å². The van der Waals surface area contributed by atoms with Crippen LogP contribution < -0.4 is 10.6 Å². The highest BCUT2D eigenvalue weighted by Gasteiger charge is 1.96. The Balaban J connectivity index is 2.13. The van der Waals surface area contributed by atoms with E-state index in [0.29, 0.717) is 0 Å². The molecule has 0 aliphatic rings. The quantitative estimate of drug-likeness (QED) is 0.720. The van der Waals surface area contributed by atoms with E-state index in [0.717, 1.165) is 26.2 Å². The molecule has 0 unspecified atom stereocenters. The fourth-order valence-corrected chi connectivity index (χ4v) is 2.44. The SMILES string of the molecule is CCCNCCCNCc1cc(C)cc(Br)c1. The van der Waals surface area contributed by atoms with E-state index in [2.05, 4.69) is 58.6 Å². The number of aryl methyl sites for hydroxylation is 1. The molecule has 3 heteroatoms. The molecule has 0 saturated heterocycles. The van der Waals surface area contributed by atoms with E-state index in [1.165, 1.54) is 28.4 Å². The summed E-state index contributed by atoms with van der Waals surface area (Å²) in [5.74, 6) is 0. The van der Waals surface area contributed by atoms with E-state index in [1.807, 2.05) is 0 Å². The van der Waals surface area contributed by atoms with Crippen LogP contribution in [0.1, 0.15) is 30.9 Å². The van der Waals surface area contributed by atoms with Gasteiger partial charge in [0.1, 0.15) is 0 Å². The monoisotopic (exact) mass is 298 g/mol. The van der Waals surface area contributed by atoms with E-state index in [1.54, 1.807) is 0 Å². The zero-order valence-electron chi connectivity index (χ0n) is 10.9. The predicted octanol–water partition coefficient (Wildman–Crippen LogP) is 3.24. The summed E-state index contributed by atoms with van der Waals surface area (Å²) < 4.78 is 1.17. The van der Waals surface area contributed by atoms with Crippen LogP contribution >= 0.6 is 15.9 Å². The fraction of sp³-hybridized carbons (Fsp3) is 0.571. The van der Waals surface area contributed by atoms with Gasteiger partial charge in [-0.25, -0.2) is 0 Å². The molecule has 2 N–H and O–H groups in total. The molecule has 0 radical (unpaired) electrons. The van der Waals surface area contributed by atoms with Crippen molar-refractivity contribution < 1.29 is 0 Å². The Morgan fingerprint density at radius 2 is 1.82 bits per heavy atom. The molecule has 0 fully saturated rings. The van der Waals surface area contributed by atoms with Gasteiger partial charge in [-0.05, 0) is 62.7 Å². The maximum atomic E-state index is 3.53. The number of nitrogens with one attached hydrogen (secondary N) is 2. The van der Waals surface area contributed by atoms with Crippen molar-refractivity contribution in [2.45, 2.75) is 33.2 Å². The Morgan fingerprint density at radius 3 is 2.53 bits per heavy atom. The molecule has 1 aromatic carbocycles. The van der Waals surface area contributed by atoms with Crippen LogP contribution in [-0.4, -0.2) is 19.6 Å². The standard InChI is InChI=1S/C14H23BrN2/c1-3-5-16-6-4-7-17-11-13-8-12(2)9-14(15)10-13/h8-10,16-17H,3-7,11H2,1-2H3. The molecule has 0 aromatic heterocycles. The largest absolute Gasteiger partial charge is 0.317 e. The first-order chi connectivity index (χ1) is 8.22. The number of rotatable bonds is 8. The van der Waals surface area contributed by atoms with Gasteiger partial charge in [0, 0.05) is 11.0 Å². The number of hydrogen-bond acceptors (Lipinski definition) is 2. The molecule has 0 amide bonds. The van der Waals surface area contributed by atoms with Crippen molar-refractivity contribution >= 4 is 15.9 Å². The third kappa shape index (κ3) is 6.81. The van der Waals surface area contributed by atoms with Crippen LogP contribution in [0.2, 0.25) is 0 Å². The highest BCUT2D eigenvalue weighted by atomic mass is 79.9. The first kappa shape index (κ1) is 14.7. The smallest absolute Gasteiger partial charge is 0.0206 e. The molecular formula is C14H23BrN2. The zero-order chi connectivity index (χ0) is 12.5. The number of benzene rings is 1. The van der Waals surface area contributed by atoms with Crippen molar-refractivity contribution in [3.63, 3.8) is 0 Å². The van der Waals surface area contributed by atoms with E-state index in [-0.39, 0.29) is 0 Å². The lowest BCUT2D eigenvalue weighted by atomic mass is 10.1.